The highest BCUT2D eigenvalue weighted by atomic mass is 35.5. The molecule has 0 radical (unpaired) electrons. The maximum atomic E-state index is 13.9. The number of nitrogens with zero attached hydrogens (tertiary/aromatic N) is 3. The van der Waals surface area contributed by atoms with E-state index in [1.165, 1.54) is 38.6 Å². The molecule has 172 valence electrons. The molecule has 3 rings (SSSR count). The minimum Gasteiger partial charge on any atom is -0.494 e. The molecule has 0 aliphatic rings. The van der Waals surface area contributed by atoms with Crippen LogP contribution < -0.4 is 30.6 Å². The monoisotopic (exact) mass is 478 g/mol. The highest BCUT2D eigenvalue weighted by Crippen LogP contribution is 2.35. The van der Waals surface area contributed by atoms with Crippen molar-refractivity contribution in [3.8, 4) is 17.2 Å². The Balaban J connectivity index is 1.92. The Morgan fingerprint density at radius 1 is 1.15 bits per heavy atom. The molecule has 0 atom stereocenters. The summed E-state index contributed by atoms with van der Waals surface area (Å²) >= 11 is 6.19. The van der Waals surface area contributed by atoms with Gasteiger partial charge >= 0.3 is 11.8 Å². The predicted molar refractivity (Wildman–Crippen MR) is 116 cm³/mol. The summed E-state index contributed by atoms with van der Waals surface area (Å²) in [6.45, 7) is 0. The maximum Gasteiger partial charge on any atom is 0.409 e. The Labute approximate surface area is 190 Å². The van der Waals surface area contributed by atoms with Crippen LogP contribution in [0.5, 0.6) is 17.2 Å². The van der Waals surface area contributed by atoms with Crippen LogP contribution in [0.25, 0.3) is 0 Å². The van der Waals surface area contributed by atoms with Crippen LogP contribution in [0.2, 0.25) is 5.02 Å². The molecule has 0 saturated heterocycles. The van der Waals surface area contributed by atoms with E-state index < -0.39 is 22.5 Å². The lowest BCUT2D eigenvalue weighted by Crippen LogP contribution is -2.16. The number of hydrogen-bond donors (Lipinski definition) is 3. The first-order chi connectivity index (χ1) is 15.7. The topological polar surface area (TPSA) is 164 Å². The van der Waals surface area contributed by atoms with Gasteiger partial charge in [-0.1, -0.05) is 11.6 Å². The van der Waals surface area contributed by atoms with Crippen LogP contribution in [-0.4, -0.2) is 35.2 Å². The van der Waals surface area contributed by atoms with Gasteiger partial charge in [0.1, 0.15) is 22.3 Å². The van der Waals surface area contributed by atoms with Crippen LogP contribution in [0.1, 0.15) is 0 Å². The van der Waals surface area contributed by atoms with E-state index in [0.29, 0.717) is 5.69 Å². The Morgan fingerprint density at radius 3 is 2.48 bits per heavy atom. The number of benzene rings is 2. The van der Waals surface area contributed by atoms with Crippen LogP contribution in [-0.2, 0) is 0 Å². The van der Waals surface area contributed by atoms with Crippen molar-refractivity contribution < 1.29 is 28.3 Å². The lowest BCUT2D eigenvalue weighted by Gasteiger charge is -2.14. The van der Waals surface area contributed by atoms with E-state index in [1.54, 1.807) is 0 Å². The van der Waals surface area contributed by atoms with Crippen molar-refractivity contribution in [1.29, 1.82) is 0 Å². The second-order valence-corrected chi connectivity index (χ2v) is 6.59. The molecular weight excluding hydrogens is 463 g/mol. The maximum absolute atomic E-state index is 13.9. The molecule has 12 nitrogen and oxygen atoms in total. The van der Waals surface area contributed by atoms with E-state index in [0.717, 1.165) is 12.1 Å². The number of amides is 1. The third kappa shape index (κ3) is 5.46. The lowest BCUT2D eigenvalue weighted by molar-refractivity contribution is -0.387. The van der Waals surface area contributed by atoms with Gasteiger partial charge in [-0.3, -0.25) is 10.1 Å². The summed E-state index contributed by atoms with van der Waals surface area (Å²) < 4.78 is 29.0. The van der Waals surface area contributed by atoms with Crippen LogP contribution in [0.15, 0.2) is 36.5 Å². The summed E-state index contributed by atoms with van der Waals surface area (Å²) in [5, 5.41) is 16.9. The summed E-state index contributed by atoms with van der Waals surface area (Å²) in [5.41, 5.74) is 4.72. The number of methoxy groups -OCH3 is 2. The van der Waals surface area contributed by atoms with Gasteiger partial charge in [0.2, 0.25) is 11.8 Å². The fourth-order valence-corrected chi connectivity index (χ4v) is 2.81. The first-order valence-corrected chi connectivity index (χ1v) is 9.33. The number of hydrogen-bond acceptors (Lipinski definition) is 10. The molecule has 0 bridgehead atoms. The molecule has 0 aliphatic carbocycles. The molecule has 2 aromatic carbocycles. The van der Waals surface area contributed by atoms with E-state index in [2.05, 4.69) is 20.6 Å². The van der Waals surface area contributed by atoms with Crippen LogP contribution in [0.3, 0.4) is 0 Å². The Morgan fingerprint density at radius 2 is 1.85 bits per heavy atom. The summed E-state index contributed by atoms with van der Waals surface area (Å²) in [4.78, 5) is 29.4. The highest BCUT2D eigenvalue weighted by Gasteiger charge is 2.20. The van der Waals surface area contributed by atoms with E-state index >= 15 is 0 Å². The molecule has 0 saturated carbocycles. The number of ether oxygens (including phenoxy) is 3. The number of rotatable bonds is 8. The highest BCUT2D eigenvalue weighted by molar-refractivity contribution is 6.32. The molecule has 0 aliphatic heterocycles. The van der Waals surface area contributed by atoms with Crippen molar-refractivity contribution in [2.45, 2.75) is 0 Å². The Bertz CT molecular complexity index is 1230. The SMILES string of the molecule is COc1cc(F)c([N+](=O)[O-])cc1Nc1ncc(Cl)c(Nc2ccc(OC(N)=O)cc2OC)n1. The number of aromatic nitrogens is 2. The van der Waals surface area contributed by atoms with Crippen LogP contribution >= 0.6 is 11.6 Å². The summed E-state index contributed by atoms with van der Waals surface area (Å²) in [7, 11) is 2.68. The summed E-state index contributed by atoms with van der Waals surface area (Å²) in [5.74, 6) is -0.490. The number of nitrogens with one attached hydrogen (secondary N) is 2. The van der Waals surface area contributed by atoms with Crippen molar-refractivity contribution in [1.82, 2.24) is 9.97 Å². The van der Waals surface area contributed by atoms with Gasteiger partial charge in [-0.25, -0.2) is 9.78 Å². The zero-order chi connectivity index (χ0) is 24.1. The molecule has 0 fully saturated rings. The van der Waals surface area contributed by atoms with Crippen molar-refractivity contribution in [3.63, 3.8) is 0 Å². The first-order valence-electron chi connectivity index (χ1n) is 8.95. The molecule has 0 spiro atoms. The van der Waals surface area contributed by atoms with E-state index in [4.69, 9.17) is 31.5 Å². The molecule has 1 aromatic heterocycles. The average Bonchev–Trinajstić information content (AvgIpc) is 2.77. The molecular formula is C19H16ClFN6O6. The van der Waals surface area contributed by atoms with Gasteiger partial charge in [0.15, 0.2) is 5.82 Å². The van der Waals surface area contributed by atoms with Gasteiger partial charge in [0.25, 0.3) is 0 Å². The Kier molecular flexibility index (Phi) is 6.93. The third-order valence-electron chi connectivity index (χ3n) is 4.10. The number of carbonyl (C=O) groups is 1. The van der Waals surface area contributed by atoms with Gasteiger partial charge < -0.3 is 30.6 Å². The minimum absolute atomic E-state index is 0.00197. The number of nitrogens with two attached hydrogens (primary N) is 1. The average molecular weight is 479 g/mol. The molecule has 1 heterocycles. The quantitative estimate of drug-likeness (QED) is 0.316. The van der Waals surface area contributed by atoms with Crippen molar-refractivity contribution in [3.05, 3.63) is 57.5 Å². The number of anilines is 4. The molecule has 14 heteroatoms. The van der Waals surface area contributed by atoms with Crippen LogP contribution in [0.4, 0.5) is 38.0 Å². The van der Waals surface area contributed by atoms with Crippen molar-refractivity contribution in [2.75, 3.05) is 24.9 Å². The Hall–Kier alpha value is -4.39. The standard InChI is InChI=1S/C19H16ClFN6O6/c1-31-15-5-9(33-18(22)28)3-4-12(15)24-17-10(20)8-23-19(26-17)25-13-7-14(27(29)30)11(21)6-16(13)32-2/h3-8H,1-2H3,(H2,22,28)(H2,23,24,25,26). The number of nitro benzene ring substituents is 1. The smallest absolute Gasteiger partial charge is 0.409 e. The number of carbonyl (C=O) groups excluding carboxylic acids is 1. The third-order valence-corrected chi connectivity index (χ3v) is 4.38. The van der Waals surface area contributed by atoms with E-state index in [9.17, 15) is 19.3 Å². The fourth-order valence-electron chi connectivity index (χ4n) is 2.67. The molecule has 0 unspecified atom stereocenters. The largest absolute Gasteiger partial charge is 0.494 e. The number of primary amides is 1. The van der Waals surface area contributed by atoms with Gasteiger partial charge in [-0.2, -0.15) is 9.37 Å². The van der Waals surface area contributed by atoms with Crippen molar-refractivity contribution >= 4 is 46.5 Å². The molecule has 3 aromatic rings. The van der Waals surface area contributed by atoms with Crippen molar-refractivity contribution in [2.24, 2.45) is 5.73 Å². The lowest BCUT2D eigenvalue weighted by atomic mass is 10.2. The number of halogens is 2. The van der Waals surface area contributed by atoms with E-state index in [1.807, 2.05) is 0 Å². The molecule has 1 amide bonds. The molecule has 4 N–H and O–H groups in total. The van der Waals surface area contributed by atoms with Gasteiger partial charge in [0, 0.05) is 18.2 Å². The molecule has 33 heavy (non-hydrogen) atoms. The van der Waals surface area contributed by atoms with E-state index in [-0.39, 0.29) is 39.7 Å². The minimum atomic E-state index is -1.06. The summed E-state index contributed by atoms with van der Waals surface area (Å²) in [6.07, 6.45) is 0.296. The second-order valence-electron chi connectivity index (χ2n) is 6.18. The zero-order valence-corrected chi connectivity index (χ0v) is 17.8. The second kappa shape index (κ2) is 9.82. The fraction of sp³-hybridized carbons (Fsp3) is 0.105. The van der Waals surface area contributed by atoms with Gasteiger partial charge in [-0.15, -0.1) is 0 Å². The van der Waals surface area contributed by atoms with Crippen LogP contribution in [0, 0.1) is 15.9 Å². The van der Waals surface area contributed by atoms with Gasteiger partial charge in [0.05, 0.1) is 36.7 Å². The zero-order valence-electron chi connectivity index (χ0n) is 17.1. The predicted octanol–water partition coefficient (Wildman–Crippen LogP) is 4.14. The normalized spacial score (nSPS) is 10.3. The number of nitro groups is 1. The summed E-state index contributed by atoms with van der Waals surface area (Å²) in [6, 6.07) is 6.25. The van der Waals surface area contributed by atoms with Gasteiger partial charge in [-0.05, 0) is 12.1 Å². The first kappa shape index (κ1) is 23.3.